The number of carbonyl (C=O) groups is 1. The van der Waals surface area contributed by atoms with Crippen molar-refractivity contribution in [3.63, 3.8) is 0 Å². The van der Waals surface area contributed by atoms with Crippen molar-refractivity contribution in [2.75, 3.05) is 6.54 Å². The third-order valence-corrected chi connectivity index (χ3v) is 3.34. The van der Waals surface area contributed by atoms with E-state index in [2.05, 4.69) is 10.3 Å². The summed E-state index contributed by atoms with van der Waals surface area (Å²) in [5, 5.41) is 2.89. The molecule has 0 saturated heterocycles. The summed E-state index contributed by atoms with van der Waals surface area (Å²) in [6, 6.07) is 9.35. The molecule has 1 aromatic carbocycles. The van der Waals surface area contributed by atoms with Crippen molar-refractivity contribution in [2.45, 2.75) is 31.8 Å². The van der Waals surface area contributed by atoms with Crippen molar-refractivity contribution < 1.29 is 4.79 Å². The molecule has 5 nitrogen and oxygen atoms in total. The van der Waals surface area contributed by atoms with Crippen LogP contribution in [0.3, 0.4) is 0 Å². The number of amides is 1. The van der Waals surface area contributed by atoms with Crippen molar-refractivity contribution in [1.82, 2.24) is 14.9 Å². The molecule has 1 aromatic heterocycles. The first kappa shape index (κ1) is 15.3. The largest absolute Gasteiger partial charge is 0.355 e. The second-order valence-electron chi connectivity index (χ2n) is 5.09. The van der Waals surface area contributed by atoms with Gasteiger partial charge in [-0.2, -0.15) is 0 Å². The highest BCUT2D eigenvalue weighted by Gasteiger charge is 2.12. The molecule has 0 aliphatic heterocycles. The van der Waals surface area contributed by atoms with Gasteiger partial charge in [0.1, 0.15) is 0 Å². The summed E-state index contributed by atoms with van der Waals surface area (Å²) in [5.74, 6) is -0.0820. The number of carbonyl (C=O) groups excluding carboxylic acids is 1. The second-order valence-corrected chi connectivity index (χ2v) is 5.09. The Morgan fingerprint density at radius 2 is 2.10 bits per heavy atom. The van der Waals surface area contributed by atoms with Crippen LogP contribution in [0.5, 0.6) is 0 Å². The Hall–Kier alpha value is -2.14. The van der Waals surface area contributed by atoms with E-state index in [1.807, 2.05) is 41.1 Å². The number of hydrogen-bond donors (Lipinski definition) is 2. The van der Waals surface area contributed by atoms with E-state index in [0.717, 1.165) is 24.9 Å². The third kappa shape index (κ3) is 5.39. The molecule has 2 rings (SSSR count). The average Bonchev–Trinajstić information content (AvgIpc) is 3.01. The van der Waals surface area contributed by atoms with E-state index < -0.39 is 6.04 Å². The molecule has 0 saturated carbocycles. The minimum absolute atomic E-state index is 0.0820. The molecule has 0 aliphatic rings. The average molecular weight is 286 g/mol. The van der Waals surface area contributed by atoms with Crippen LogP contribution in [-0.4, -0.2) is 28.0 Å². The molecule has 5 heteroatoms. The van der Waals surface area contributed by atoms with Gasteiger partial charge in [-0.3, -0.25) is 4.79 Å². The molecule has 1 amide bonds. The number of rotatable bonds is 8. The summed E-state index contributed by atoms with van der Waals surface area (Å²) in [5.41, 5.74) is 7.00. The maximum atomic E-state index is 11.9. The Morgan fingerprint density at radius 1 is 1.29 bits per heavy atom. The number of aryl methyl sites for hydroxylation is 1. The summed E-state index contributed by atoms with van der Waals surface area (Å²) in [6.45, 7) is 1.59. The van der Waals surface area contributed by atoms with Gasteiger partial charge in [0.2, 0.25) is 5.91 Å². The monoisotopic (exact) mass is 286 g/mol. The van der Waals surface area contributed by atoms with Crippen molar-refractivity contribution >= 4 is 5.91 Å². The molecule has 0 spiro atoms. The predicted molar refractivity (Wildman–Crippen MR) is 82.6 cm³/mol. The van der Waals surface area contributed by atoms with E-state index >= 15 is 0 Å². The Morgan fingerprint density at radius 3 is 2.81 bits per heavy atom. The molecule has 0 aliphatic carbocycles. The van der Waals surface area contributed by atoms with Crippen LogP contribution in [0, 0.1) is 0 Å². The number of hydrogen-bond acceptors (Lipinski definition) is 3. The van der Waals surface area contributed by atoms with Gasteiger partial charge in [-0.1, -0.05) is 30.3 Å². The van der Waals surface area contributed by atoms with Gasteiger partial charge in [0.15, 0.2) is 0 Å². The SMILES string of the molecule is NC(Cc1ccccc1)C(=O)NCCCCn1ccnc1. The van der Waals surface area contributed by atoms with E-state index in [-0.39, 0.29) is 5.91 Å². The van der Waals surface area contributed by atoms with E-state index in [0.29, 0.717) is 13.0 Å². The van der Waals surface area contributed by atoms with Gasteiger partial charge in [-0.15, -0.1) is 0 Å². The summed E-state index contributed by atoms with van der Waals surface area (Å²) < 4.78 is 2.03. The van der Waals surface area contributed by atoms with Gasteiger partial charge < -0.3 is 15.6 Å². The van der Waals surface area contributed by atoms with Crippen LogP contribution < -0.4 is 11.1 Å². The fourth-order valence-electron chi connectivity index (χ4n) is 2.14. The number of nitrogens with one attached hydrogen (secondary N) is 1. The number of aromatic nitrogens is 2. The van der Waals surface area contributed by atoms with Crippen LogP contribution in [0.1, 0.15) is 18.4 Å². The molecule has 0 radical (unpaired) electrons. The Labute approximate surface area is 125 Å². The van der Waals surface area contributed by atoms with E-state index in [1.165, 1.54) is 0 Å². The molecule has 1 heterocycles. The molecule has 3 N–H and O–H groups in total. The first-order valence-electron chi connectivity index (χ1n) is 7.28. The Bertz CT molecular complexity index is 524. The molecule has 1 unspecified atom stereocenters. The first-order chi connectivity index (χ1) is 10.3. The zero-order valence-electron chi connectivity index (χ0n) is 12.1. The summed E-state index contributed by atoms with van der Waals surface area (Å²) in [7, 11) is 0. The second kappa shape index (κ2) is 8.21. The highest BCUT2D eigenvalue weighted by molar-refractivity contribution is 5.81. The van der Waals surface area contributed by atoms with Gasteiger partial charge in [-0.05, 0) is 24.8 Å². The minimum Gasteiger partial charge on any atom is -0.355 e. The zero-order valence-corrected chi connectivity index (χ0v) is 12.1. The van der Waals surface area contributed by atoms with Gasteiger partial charge in [0, 0.05) is 25.5 Å². The van der Waals surface area contributed by atoms with Crippen LogP contribution >= 0.6 is 0 Å². The van der Waals surface area contributed by atoms with Crippen molar-refractivity contribution in [3.8, 4) is 0 Å². The van der Waals surface area contributed by atoms with Crippen molar-refractivity contribution in [3.05, 3.63) is 54.6 Å². The highest BCUT2D eigenvalue weighted by Crippen LogP contribution is 2.02. The van der Waals surface area contributed by atoms with Gasteiger partial charge in [0.25, 0.3) is 0 Å². The fourth-order valence-corrected chi connectivity index (χ4v) is 2.14. The first-order valence-corrected chi connectivity index (χ1v) is 7.28. The van der Waals surface area contributed by atoms with Gasteiger partial charge >= 0.3 is 0 Å². The lowest BCUT2D eigenvalue weighted by atomic mass is 10.1. The lowest BCUT2D eigenvalue weighted by molar-refractivity contribution is -0.122. The summed E-state index contributed by atoms with van der Waals surface area (Å²) in [6.07, 6.45) is 8.02. The number of nitrogens with zero attached hydrogens (tertiary/aromatic N) is 2. The molecule has 21 heavy (non-hydrogen) atoms. The molecular weight excluding hydrogens is 264 g/mol. The standard InChI is InChI=1S/C16H22N4O/c17-15(12-14-6-2-1-3-7-14)16(21)19-8-4-5-10-20-11-9-18-13-20/h1-3,6-7,9,11,13,15H,4-5,8,10,12,17H2,(H,19,21). The van der Waals surface area contributed by atoms with Crippen molar-refractivity contribution in [2.24, 2.45) is 5.73 Å². The minimum atomic E-state index is -0.485. The third-order valence-electron chi connectivity index (χ3n) is 3.34. The zero-order chi connectivity index (χ0) is 14.9. The van der Waals surface area contributed by atoms with Crippen LogP contribution in [0.15, 0.2) is 49.1 Å². The van der Waals surface area contributed by atoms with Crippen LogP contribution in [-0.2, 0) is 17.8 Å². The molecule has 1 atom stereocenters. The molecule has 0 bridgehead atoms. The lowest BCUT2D eigenvalue weighted by Crippen LogP contribution is -2.42. The normalized spacial score (nSPS) is 12.0. The van der Waals surface area contributed by atoms with Crippen LogP contribution in [0.4, 0.5) is 0 Å². The molecule has 0 fully saturated rings. The predicted octanol–water partition coefficient (Wildman–Crippen LogP) is 1.35. The van der Waals surface area contributed by atoms with E-state index in [1.54, 1.807) is 12.5 Å². The fraction of sp³-hybridized carbons (Fsp3) is 0.375. The Kier molecular flexibility index (Phi) is 5.97. The van der Waals surface area contributed by atoms with Gasteiger partial charge in [-0.25, -0.2) is 4.98 Å². The number of unbranched alkanes of at least 4 members (excludes halogenated alkanes) is 1. The summed E-state index contributed by atoms with van der Waals surface area (Å²) >= 11 is 0. The molecule has 112 valence electrons. The number of nitrogens with two attached hydrogens (primary N) is 1. The lowest BCUT2D eigenvalue weighted by Gasteiger charge is -2.12. The van der Waals surface area contributed by atoms with E-state index in [4.69, 9.17) is 5.73 Å². The number of benzene rings is 1. The maximum Gasteiger partial charge on any atom is 0.237 e. The van der Waals surface area contributed by atoms with E-state index in [9.17, 15) is 4.79 Å². The summed E-state index contributed by atoms with van der Waals surface area (Å²) in [4.78, 5) is 15.9. The quantitative estimate of drug-likeness (QED) is 0.719. The smallest absolute Gasteiger partial charge is 0.237 e. The van der Waals surface area contributed by atoms with Crippen LogP contribution in [0.25, 0.3) is 0 Å². The Balaban J connectivity index is 1.60. The maximum absolute atomic E-state index is 11.9. The molecule has 2 aromatic rings. The highest BCUT2D eigenvalue weighted by atomic mass is 16.2. The number of imidazole rings is 1. The van der Waals surface area contributed by atoms with Gasteiger partial charge in [0.05, 0.1) is 12.4 Å². The molecular formula is C16H22N4O. The van der Waals surface area contributed by atoms with Crippen molar-refractivity contribution in [1.29, 1.82) is 0 Å². The van der Waals surface area contributed by atoms with Crippen LogP contribution in [0.2, 0.25) is 0 Å². The topological polar surface area (TPSA) is 72.9 Å².